The number of hydrogen-bond acceptors (Lipinski definition) is 0. The van der Waals surface area contributed by atoms with Crippen molar-refractivity contribution >= 4 is 0 Å². The van der Waals surface area contributed by atoms with Crippen molar-refractivity contribution in [2.75, 3.05) is 0 Å². The van der Waals surface area contributed by atoms with Gasteiger partial charge in [0.25, 0.3) is 0 Å². The highest BCUT2D eigenvalue weighted by molar-refractivity contribution is 4.65. The summed E-state index contributed by atoms with van der Waals surface area (Å²) in [7, 11) is 0. The van der Waals surface area contributed by atoms with Crippen LogP contribution in [0, 0.1) is 5.92 Å². The smallest absolute Gasteiger partial charge is 0.0353 e. The Morgan fingerprint density at radius 1 is 1.08 bits per heavy atom. The molecule has 0 aliphatic rings. The third-order valence-electron chi connectivity index (χ3n) is 2.68. The third kappa shape index (κ3) is 6.45. The monoisotopic (exact) mass is 168 g/mol. The molecule has 0 amide bonds. The minimum absolute atomic E-state index is 0.980. The molecule has 72 valence electrons. The van der Waals surface area contributed by atoms with Gasteiger partial charge in [-0.15, -0.1) is 6.58 Å². The van der Waals surface area contributed by atoms with Crippen LogP contribution < -0.4 is 0 Å². The Morgan fingerprint density at radius 3 is 2.25 bits per heavy atom. The highest BCUT2D eigenvalue weighted by atomic mass is 14.1. The van der Waals surface area contributed by atoms with E-state index in [2.05, 4.69) is 20.4 Å². The van der Waals surface area contributed by atoms with Gasteiger partial charge >= 0.3 is 0 Å². The number of allylic oxidation sites excluding steroid dienone is 1. The van der Waals surface area contributed by atoms with Crippen molar-refractivity contribution in [3.8, 4) is 0 Å². The molecule has 0 bridgehead atoms. The van der Waals surface area contributed by atoms with Crippen molar-refractivity contribution in [1.82, 2.24) is 0 Å². The first-order valence-corrected chi connectivity index (χ1v) is 5.46. The van der Waals surface area contributed by atoms with Gasteiger partial charge in [0.05, 0.1) is 0 Å². The number of rotatable bonds is 8. The van der Waals surface area contributed by atoms with Crippen molar-refractivity contribution in [2.45, 2.75) is 58.8 Å². The van der Waals surface area contributed by atoms with Crippen LogP contribution in [0.1, 0.15) is 58.8 Å². The highest BCUT2D eigenvalue weighted by Gasteiger charge is 2.01. The lowest BCUT2D eigenvalue weighted by Crippen LogP contribution is -1.95. The second kappa shape index (κ2) is 8.83. The second-order valence-electron chi connectivity index (χ2n) is 3.61. The molecule has 0 aromatic rings. The second-order valence-corrected chi connectivity index (χ2v) is 3.61. The highest BCUT2D eigenvalue weighted by Crippen LogP contribution is 2.16. The van der Waals surface area contributed by atoms with Crippen molar-refractivity contribution < 1.29 is 0 Å². The first-order chi connectivity index (χ1) is 5.85. The SMILES string of the molecule is C=CCCCCCC(CC)CC. The summed E-state index contributed by atoms with van der Waals surface area (Å²) >= 11 is 0. The fourth-order valence-corrected chi connectivity index (χ4v) is 1.60. The molecule has 0 atom stereocenters. The number of unbranched alkanes of at least 4 members (excludes halogenated alkanes) is 3. The molecule has 0 spiro atoms. The average molecular weight is 168 g/mol. The van der Waals surface area contributed by atoms with Crippen LogP contribution in [0.4, 0.5) is 0 Å². The van der Waals surface area contributed by atoms with Crippen LogP contribution >= 0.6 is 0 Å². The molecule has 0 aromatic heterocycles. The summed E-state index contributed by atoms with van der Waals surface area (Å²) in [6.45, 7) is 8.33. The molecule has 0 fully saturated rings. The Morgan fingerprint density at radius 2 is 1.75 bits per heavy atom. The maximum absolute atomic E-state index is 3.73. The van der Waals surface area contributed by atoms with Gasteiger partial charge in [0.15, 0.2) is 0 Å². The van der Waals surface area contributed by atoms with Crippen molar-refractivity contribution in [2.24, 2.45) is 5.92 Å². The molecule has 0 heterocycles. The Kier molecular flexibility index (Phi) is 8.64. The summed E-state index contributed by atoms with van der Waals surface area (Å²) in [4.78, 5) is 0. The maximum atomic E-state index is 3.73. The van der Waals surface area contributed by atoms with Gasteiger partial charge in [-0.25, -0.2) is 0 Å². The lowest BCUT2D eigenvalue weighted by atomic mass is 9.96. The Bertz CT molecular complexity index is 90.2. The van der Waals surface area contributed by atoms with Crippen LogP contribution in [0.25, 0.3) is 0 Å². The molecule has 0 radical (unpaired) electrons. The van der Waals surface area contributed by atoms with Gasteiger partial charge in [0.1, 0.15) is 0 Å². The van der Waals surface area contributed by atoms with Crippen LogP contribution in [0.15, 0.2) is 12.7 Å². The summed E-state index contributed by atoms with van der Waals surface area (Å²) < 4.78 is 0. The summed E-state index contributed by atoms with van der Waals surface area (Å²) in [5.74, 6) is 0.980. The molecule has 0 aliphatic carbocycles. The van der Waals surface area contributed by atoms with Crippen LogP contribution in [-0.2, 0) is 0 Å². The molecule has 0 heteroatoms. The molecule has 0 unspecified atom stereocenters. The van der Waals surface area contributed by atoms with Gasteiger partial charge in [-0.2, -0.15) is 0 Å². The molecule has 0 N–H and O–H groups in total. The van der Waals surface area contributed by atoms with E-state index in [4.69, 9.17) is 0 Å². The largest absolute Gasteiger partial charge is 0.103 e. The molecule has 0 aliphatic heterocycles. The molecule has 0 saturated heterocycles. The summed E-state index contributed by atoms with van der Waals surface area (Å²) in [5, 5.41) is 0. The van der Waals surface area contributed by atoms with Gasteiger partial charge in [0.2, 0.25) is 0 Å². The van der Waals surface area contributed by atoms with Crippen LogP contribution in [0.3, 0.4) is 0 Å². The fourth-order valence-electron chi connectivity index (χ4n) is 1.60. The topological polar surface area (TPSA) is 0 Å². The van der Waals surface area contributed by atoms with Gasteiger partial charge in [-0.05, 0) is 18.8 Å². The Hall–Kier alpha value is -0.260. The standard InChI is InChI=1S/C12H24/c1-4-7-8-9-10-11-12(5-2)6-3/h4,12H,1,5-11H2,2-3H3. The van der Waals surface area contributed by atoms with E-state index >= 15 is 0 Å². The first kappa shape index (κ1) is 11.7. The third-order valence-corrected chi connectivity index (χ3v) is 2.68. The Balaban J connectivity index is 3.11. The van der Waals surface area contributed by atoms with Gasteiger partial charge in [-0.3, -0.25) is 0 Å². The lowest BCUT2D eigenvalue weighted by molar-refractivity contribution is 0.431. The van der Waals surface area contributed by atoms with E-state index in [1.165, 1.54) is 44.9 Å². The minimum atomic E-state index is 0.980. The van der Waals surface area contributed by atoms with Crippen molar-refractivity contribution in [3.05, 3.63) is 12.7 Å². The summed E-state index contributed by atoms with van der Waals surface area (Å²) in [6.07, 6.45) is 11.5. The quantitative estimate of drug-likeness (QED) is 0.368. The predicted octanol–water partition coefficient (Wildman–Crippen LogP) is 4.56. The molecular weight excluding hydrogens is 144 g/mol. The molecule has 0 rings (SSSR count). The zero-order chi connectivity index (χ0) is 9.23. The minimum Gasteiger partial charge on any atom is -0.103 e. The van der Waals surface area contributed by atoms with Crippen LogP contribution in [0.5, 0.6) is 0 Å². The van der Waals surface area contributed by atoms with Crippen molar-refractivity contribution in [1.29, 1.82) is 0 Å². The molecule has 0 aromatic carbocycles. The van der Waals surface area contributed by atoms with E-state index in [1.54, 1.807) is 0 Å². The van der Waals surface area contributed by atoms with E-state index in [0.717, 1.165) is 5.92 Å². The van der Waals surface area contributed by atoms with Crippen molar-refractivity contribution in [3.63, 3.8) is 0 Å². The molecule has 12 heavy (non-hydrogen) atoms. The van der Waals surface area contributed by atoms with E-state index in [1.807, 2.05) is 6.08 Å². The van der Waals surface area contributed by atoms with Crippen LogP contribution in [0.2, 0.25) is 0 Å². The Labute approximate surface area is 78.1 Å². The molecule has 0 nitrogen and oxygen atoms in total. The predicted molar refractivity (Wildman–Crippen MR) is 57.4 cm³/mol. The average Bonchev–Trinajstić information content (AvgIpc) is 2.11. The van der Waals surface area contributed by atoms with E-state index < -0.39 is 0 Å². The normalized spacial score (nSPS) is 10.6. The molecule has 0 saturated carbocycles. The van der Waals surface area contributed by atoms with Crippen LogP contribution in [-0.4, -0.2) is 0 Å². The maximum Gasteiger partial charge on any atom is -0.0353 e. The first-order valence-electron chi connectivity index (χ1n) is 5.46. The molecular formula is C12H24. The van der Waals surface area contributed by atoms with E-state index in [9.17, 15) is 0 Å². The van der Waals surface area contributed by atoms with Gasteiger partial charge in [0, 0.05) is 0 Å². The lowest BCUT2D eigenvalue weighted by Gasteiger charge is -2.10. The van der Waals surface area contributed by atoms with Gasteiger partial charge < -0.3 is 0 Å². The van der Waals surface area contributed by atoms with E-state index in [0.29, 0.717) is 0 Å². The fraction of sp³-hybridized carbons (Fsp3) is 0.833. The van der Waals surface area contributed by atoms with Gasteiger partial charge in [-0.1, -0.05) is 52.0 Å². The zero-order valence-corrected chi connectivity index (χ0v) is 8.81. The number of hydrogen-bond donors (Lipinski definition) is 0. The summed E-state index contributed by atoms with van der Waals surface area (Å²) in [6, 6.07) is 0. The summed E-state index contributed by atoms with van der Waals surface area (Å²) in [5.41, 5.74) is 0. The zero-order valence-electron chi connectivity index (χ0n) is 8.81. The van der Waals surface area contributed by atoms with E-state index in [-0.39, 0.29) is 0 Å².